The summed E-state index contributed by atoms with van der Waals surface area (Å²) in [4.78, 5) is 21.2. The van der Waals surface area contributed by atoms with Gasteiger partial charge in [-0.1, -0.05) is 243 Å². The van der Waals surface area contributed by atoms with E-state index in [1.807, 2.05) is 12.1 Å². The summed E-state index contributed by atoms with van der Waals surface area (Å²) in [6.45, 7) is 0. The lowest BCUT2D eigenvalue weighted by molar-refractivity contribution is 0.755. The van der Waals surface area contributed by atoms with E-state index in [-0.39, 0.29) is 11.8 Å². The third-order valence-electron chi connectivity index (χ3n) is 16.1. The summed E-state index contributed by atoms with van der Waals surface area (Å²) in [7, 11) is 0. The van der Waals surface area contributed by atoms with Crippen molar-refractivity contribution in [1.82, 2.24) is 19.9 Å². The number of benzene rings is 11. The van der Waals surface area contributed by atoms with Crippen molar-refractivity contribution in [3.63, 3.8) is 0 Å². The maximum Gasteiger partial charge on any atom is 0.160 e. The number of nitrogens with zero attached hydrogens (tertiary/aromatic N) is 4. The third kappa shape index (κ3) is 8.61. The lowest BCUT2D eigenvalue weighted by Crippen LogP contribution is -2.27. The van der Waals surface area contributed by atoms with Crippen LogP contribution in [0.2, 0.25) is 0 Å². The molecule has 2 atom stereocenters. The van der Waals surface area contributed by atoms with E-state index >= 15 is 0 Å². The Balaban J connectivity index is 0.810. The molecule has 4 heteroatoms. The second-order valence-corrected chi connectivity index (χ2v) is 20.9. The Kier molecular flexibility index (Phi) is 11.6. The van der Waals surface area contributed by atoms with Crippen LogP contribution in [0.5, 0.6) is 0 Å². The Hall–Kier alpha value is -10.4. The Morgan fingerprint density at radius 2 is 0.412 bits per heavy atom. The molecule has 4 nitrogen and oxygen atoms in total. The fourth-order valence-corrected chi connectivity index (χ4v) is 12.2. The van der Waals surface area contributed by atoms with Crippen molar-refractivity contribution < 1.29 is 0 Å². The SMILES string of the molecule is c1ccc(-c2cccc(-c3cccc(-c4cc(-c5ccc6c(c5)C5c7ccccc7C6c6cc(-c7cc(-c8cccc(-c9cccc(-c%10ccccc%10)c9)c8)nc(-c8ccccc8)n7)ccc65)nc(-c5ccccc5)n4)c3)c2)cc1. The molecular weight excluding hydrogens is 969 g/mol. The van der Waals surface area contributed by atoms with Crippen LogP contribution in [0.4, 0.5) is 0 Å². The lowest BCUT2D eigenvalue weighted by Gasteiger charge is -2.42. The van der Waals surface area contributed by atoms with E-state index in [0.717, 1.165) is 78.4 Å². The van der Waals surface area contributed by atoms with Crippen LogP contribution in [-0.2, 0) is 0 Å². The number of aromatic nitrogens is 4. The van der Waals surface area contributed by atoms with Gasteiger partial charge in [-0.25, -0.2) is 19.9 Å². The molecule has 2 bridgehead atoms. The molecule has 13 aromatic rings. The van der Waals surface area contributed by atoms with Crippen molar-refractivity contribution in [2.45, 2.75) is 11.8 Å². The first-order valence-electron chi connectivity index (χ1n) is 27.4. The summed E-state index contributed by atoms with van der Waals surface area (Å²) in [6.07, 6.45) is 0. The van der Waals surface area contributed by atoms with Crippen molar-refractivity contribution in [2.75, 3.05) is 0 Å². The molecule has 0 spiro atoms. The van der Waals surface area contributed by atoms with E-state index in [1.54, 1.807) is 0 Å². The van der Waals surface area contributed by atoms with Crippen molar-refractivity contribution in [3.05, 3.63) is 325 Å². The molecule has 0 fully saturated rings. The second-order valence-electron chi connectivity index (χ2n) is 20.9. The van der Waals surface area contributed by atoms with Gasteiger partial charge in [0.2, 0.25) is 0 Å². The monoisotopic (exact) mass is 1020 g/mol. The largest absolute Gasteiger partial charge is 0.228 e. The Bertz CT molecular complexity index is 4190. The predicted octanol–water partition coefficient (Wildman–Crippen LogP) is 18.9. The molecule has 0 amide bonds. The quantitative estimate of drug-likeness (QED) is 0.137. The predicted molar refractivity (Wildman–Crippen MR) is 327 cm³/mol. The molecule has 0 radical (unpaired) electrons. The molecule has 0 saturated carbocycles. The van der Waals surface area contributed by atoms with E-state index in [9.17, 15) is 0 Å². The van der Waals surface area contributed by atoms with Crippen LogP contribution in [0.3, 0.4) is 0 Å². The average Bonchev–Trinajstić information content (AvgIpc) is 3.55. The fourth-order valence-electron chi connectivity index (χ4n) is 12.2. The van der Waals surface area contributed by atoms with Gasteiger partial charge in [-0.15, -0.1) is 0 Å². The minimum atomic E-state index is 0.0393. The van der Waals surface area contributed by atoms with Crippen LogP contribution in [0.15, 0.2) is 291 Å². The summed E-state index contributed by atoms with van der Waals surface area (Å²) in [6, 6.07) is 104. The number of rotatable bonds is 10. The van der Waals surface area contributed by atoms with Gasteiger partial charge in [-0.05, 0) is 126 Å². The smallest absolute Gasteiger partial charge is 0.160 e. The van der Waals surface area contributed by atoms with Crippen molar-refractivity contribution in [2.24, 2.45) is 0 Å². The highest BCUT2D eigenvalue weighted by Gasteiger charge is 2.41. The molecule has 0 aliphatic heterocycles. The van der Waals surface area contributed by atoms with Crippen molar-refractivity contribution in [1.29, 1.82) is 0 Å². The summed E-state index contributed by atoms with van der Waals surface area (Å²) in [5.41, 5.74) is 27.0. The van der Waals surface area contributed by atoms with Gasteiger partial charge in [0.25, 0.3) is 0 Å². The molecule has 80 heavy (non-hydrogen) atoms. The fraction of sp³-hybridized carbons (Fsp3) is 0.0263. The third-order valence-corrected chi connectivity index (χ3v) is 16.1. The summed E-state index contributed by atoms with van der Waals surface area (Å²) < 4.78 is 0. The van der Waals surface area contributed by atoms with Gasteiger partial charge in [0.1, 0.15) is 0 Å². The molecular formula is C76H50N4. The van der Waals surface area contributed by atoms with Crippen LogP contribution in [-0.4, -0.2) is 19.9 Å². The zero-order valence-corrected chi connectivity index (χ0v) is 43.7. The van der Waals surface area contributed by atoms with Gasteiger partial charge in [0.15, 0.2) is 11.6 Å². The van der Waals surface area contributed by atoms with Gasteiger partial charge in [0.05, 0.1) is 22.8 Å². The first kappa shape index (κ1) is 46.8. The molecule has 2 aromatic heterocycles. The highest BCUT2D eigenvalue weighted by Crippen LogP contribution is 2.57. The molecule has 2 heterocycles. The van der Waals surface area contributed by atoms with Gasteiger partial charge in [-0.2, -0.15) is 0 Å². The molecule has 374 valence electrons. The molecule has 11 aromatic carbocycles. The zero-order valence-electron chi connectivity index (χ0n) is 43.7. The normalized spacial score (nSPS) is 13.8. The molecule has 2 unspecified atom stereocenters. The number of hydrogen-bond acceptors (Lipinski definition) is 4. The second kappa shape index (κ2) is 19.9. The first-order chi connectivity index (χ1) is 39.6. The van der Waals surface area contributed by atoms with Gasteiger partial charge in [-0.3, -0.25) is 0 Å². The zero-order chi connectivity index (χ0) is 52.9. The Morgan fingerprint density at radius 3 is 0.762 bits per heavy atom. The Labute approximate surface area is 466 Å². The van der Waals surface area contributed by atoms with E-state index in [0.29, 0.717) is 11.6 Å². The van der Waals surface area contributed by atoms with E-state index in [2.05, 4.69) is 279 Å². The molecule has 3 aliphatic rings. The highest BCUT2D eigenvalue weighted by atomic mass is 14.9. The topological polar surface area (TPSA) is 51.6 Å². The molecule has 3 aliphatic carbocycles. The molecule has 0 N–H and O–H groups in total. The maximum absolute atomic E-state index is 5.34. The van der Waals surface area contributed by atoms with Crippen LogP contribution in [0, 0.1) is 0 Å². The van der Waals surface area contributed by atoms with E-state index < -0.39 is 0 Å². The van der Waals surface area contributed by atoms with Gasteiger partial charge >= 0.3 is 0 Å². The summed E-state index contributed by atoms with van der Waals surface area (Å²) >= 11 is 0. The highest BCUT2D eigenvalue weighted by molar-refractivity contribution is 5.82. The summed E-state index contributed by atoms with van der Waals surface area (Å²) in [5, 5.41) is 0. The molecule has 0 saturated heterocycles. The minimum Gasteiger partial charge on any atom is -0.228 e. The van der Waals surface area contributed by atoms with Crippen LogP contribution < -0.4 is 0 Å². The van der Waals surface area contributed by atoms with Crippen LogP contribution in [0.1, 0.15) is 45.2 Å². The Morgan fingerprint density at radius 1 is 0.163 bits per heavy atom. The van der Waals surface area contributed by atoms with Gasteiger partial charge < -0.3 is 0 Å². The average molecular weight is 1020 g/mol. The van der Waals surface area contributed by atoms with E-state index in [1.165, 1.54) is 55.6 Å². The minimum absolute atomic E-state index is 0.0393. The lowest BCUT2D eigenvalue weighted by atomic mass is 9.60. The number of hydrogen-bond donors (Lipinski definition) is 0. The van der Waals surface area contributed by atoms with Crippen molar-refractivity contribution >= 4 is 0 Å². The summed E-state index contributed by atoms with van der Waals surface area (Å²) in [5.74, 6) is 1.47. The first-order valence-corrected chi connectivity index (χ1v) is 27.4. The maximum atomic E-state index is 5.34. The van der Waals surface area contributed by atoms with Crippen molar-refractivity contribution in [3.8, 4) is 112 Å². The van der Waals surface area contributed by atoms with Crippen LogP contribution >= 0.6 is 0 Å². The van der Waals surface area contributed by atoms with E-state index in [4.69, 9.17) is 19.9 Å². The standard InChI is InChI=1S/C76H50N4/c1-5-19-49(20-6-1)53-27-15-29-55(41-53)57-31-17-33-59(43-57)69-47-71(79-75(77-69)51-23-9-3-10-24-51)61-37-39-65-67(45-61)73-63-35-13-14-36-64(63)74(65)68-46-62(38-40-66(68)73)72-48-70(78-76(80-72)52-25-11-4-12-26-52)60-34-18-32-58(44-60)56-30-16-28-54(42-56)50-21-7-2-8-22-50/h1-48,73-74H. The molecule has 16 rings (SSSR count). The van der Waals surface area contributed by atoms with Crippen LogP contribution in [0.25, 0.3) is 112 Å². The van der Waals surface area contributed by atoms with Gasteiger partial charge in [0, 0.05) is 45.2 Å².